The van der Waals surface area contributed by atoms with Gasteiger partial charge in [0.1, 0.15) is 0 Å². The van der Waals surface area contributed by atoms with Crippen LogP contribution in [0, 0.1) is 20.8 Å². The van der Waals surface area contributed by atoms with Crippen LogP contribution < -0.4 is 0 Å². The largest absolute Gasteiger partial charge is 0.388 e. The lowest BCUT2D eigenvalue weighted by atomic mass is 9.94. The maximum atomic E-state index is 10.4. The molecule has 0 aliphatic heterocycles. The Morgan fingerprint density at radius 1 is 0.900 bits per heavy atom. The first-order chi connectivity index (χ1) is 9.58. The van der Waals surface area contributed by atoms with Crippen LogP contribution in [0.15, 0.2) is 42.5 Å². The molecule has 106 valence electrons. The van der Waals surface area contributed by atoms with Crippen LogP contribution in [0.3, 0.4) is 0 Å². The number of aryl methyl sites for hydroxylation is 4. The molecule has 0 fully saturated rings. The molecule has 0 amide bonds. The second kappa shape index (κ2) is 6.71. The fraction of sp³-hybridized carbons (Fsp3) is 0.368. The molecule has 1 nitrogen and oxygen atoms in total. The summed E-state index contributed by atoms with van der Waals surface area (Å²) in [6, 6.07) is 14.8. The summed E-state index contributed by atoms with van der Waals surface area (Å²) in [5.41, 5.74) is 6.17. The van der Waals surface area contributed by atoms with Crippen LogP contribution in [0.5, 0.6) is 0 Å². The first-order valence-corrected chi connectivity index (χ1v) is 7.37. The third-order valence-electron chi connectivity index (χ3n) is 4.03. The minimum absolute atomic E-state index is 0.349. The summed E-state index contributed by atoms with van der Waals surface area (Å²) in [7, 11) is 0. The van der Waals surface area contributed by atoms with Crippen LogP contribution in [0.4, 0.5) is 0 Å². The molecule has 2 aromatic carbocycles. The Bertz CT molecular complexity index is 557. The van der Waals surface area contributed by atoms with Gasteiger partial charge < -0.3 is 5.11 Å². The van der Waals surface area contributed by atoms with Crippen molar-refractivity contribution in [2.75, 3.05) is 0 Å². The topological polar surface area (TPSA) is 20.2 Å². The first-order valence-electron chi connectivity index (χ1n) is 7.37. The highest BCUT2D eigenvalue weighted by atomic mass is 16.3. The summed E-state index contributed by atoms with van der Waals surface area (Å²) in [5, 5.41) is 10.4. The fourth-order valence-electron chi connectivity index (χ4n) is 2.64. The number of rotatable bonds is 5. The van der Waals surface area contributed by atoms with Gasteiger partial charge in [0, 0.05) is 0 Å². The average molecular weight is 268 g/mol. The van der Waals surface area contributed by atoms with E-state index in [1.54, 1.807) is 0 Å². The molecule has 0 saturated carbocycles. The van der Waals surface area contributed by atoms with Crippen molar-refractivity contribution in [3.8, 4) is 0 Å². The Kier molecular flexibility index (Phi) is 4.97. The monoisotopic (exact) mass is 268 g/mol. The highest BCUT2D eigenvalue weighted by molar-refractivity contribution is 5.37. The zero-order chi connectivity index (χ0) is 14.5. The zero-order valence-corrected chi connectivity index (χ0v) is 12.7. The highest BCUT2D eigenvalue weighted by Gasteiger charge is 2.11. The van der Waals surface area contributed by atoms with Crippen molar-refractivity contribution in [2.24, 2.45) is 0 Å². The molecule has 0 aliphatic rings. The van der Waals surface area contributed by atoms with Crippen molar-refractivity contribution in [1.29, 1.82) is 0 Å². The van der Waals surface area contributed by atoms with E-state index in [-0.39, 0.29) is 6.10 Å². The van der Waals surface area contributed by atoms with Gasteiger partial charge in [0.05, 0.1) is 6.10 Å². The van der Waals surface area contributed by atoms with Gasteiger partial charge >= 0.3 is 0 Å². The van der Waals surface area contributed by atoms with Gasteiger partial charge in [0.2, 0.25) is 0 Å². The SMILES string of the molecule is Cc1cc(C)c(C(O)CCCc2ccccc2)cc1C. The molecular formula is C19H24O. The molecule has 2 aromatic rings. The van der Waals surface area contributed by atoms with Crippen molar-refractivity contribution in [3.05, 3.63) is 70.3 Å². The van der Waals surface area contributed by atoms with Crippen molar-refractivity contribution in [1.82, 2.24) is 0 Å². The van der Waals surface area contributed by atoms with Gasteiger partial charge in [-0.25, -0.2) is 0 Å². The molecule has 0 heterocycles. The summed E-state index contributed by atoms with van der Waals surface area (Å²) in [5.74, 6) is 0. The summed E-state index contributed by atoms with van der Waals surface area (Å²) < 4.78 is 0. The van der Waals surface area contributed by atoms with E-state index in [1.165, 1.54) is 22.3 Å². The van der Waals surface area contributed by atoms with Gasteiger partial charge in [-0.05, 0) is 67.9 Å². The molecule has 1 heteroatoms. The van der Waals surface area contributed by atoms with Gasteiger partial charge in [-0.1, -0.05) is 42.5 Å². The van der Waals surface area contributed by atoms with Crippen LogP contribution in [0.1, 0.15) is 46.8 Å². The van der Waals surface area contributed by atoms with Gasteiger partial charge in [-0.15, -0.1) is 0 Å². The number of aliphatic hydroxyl groups is 1. The van der Waals surface area contributed by atoms with Crippen molar-refractivity contribution >= 4 is 0 Å². The second-order valence-electron chi connectivity index (χ2n) is 5.69. The molecule has 20 heavy (non-hydrogen) atoms. The third kappa shape index (κ3) is 3.71. The lowest BCUT2D eigenvalue weighted by molar-refractivity contribution is 0.164. The molecular weight excluding hydrogens is 244 g/mol. The quantitative estimate of drug-likeness (QED) is 0.835. The minimum atomic E-state index is -0.349. The van der Waals surface area contributed by atoms with Crippen molar-refractivity contribution in [2.45, 2.75) is 46.1 Å². The standard InChI is InChI=1S/C19H24O/c1-14-12-16(3)18(13-15(14)2)19(20)11-7-10-17-8-5-4-6-9-17/h4-6,8-9,12-13,19-20H,7,10-11H2,1-3H3. The van der Waals surface area contributed by atoms with E-state index in [0.717, 1.165) is 24.8 Å². The Morgan fingerprint density at radius 2 is 1.55 bits per heavy atom. The summed E-state index contributed by atoms with van der Waals surface area (Å²) in [6.45, 7) is 6.31. The lowest BCUT2D eigenvalue weighted by Crippen LogP contribution is -2.02. The molecule has 1 unspecified atom stereocenters. The van der Waals surface area contributed by atoms with Gasteiger partial charge in [-0.3, -0.25) is 0 Å². The normalized spacial score (nSPS) is 12.4. The average Bonchev–Trinajstić information content (AvgIpc) is 2.44. The molecule has 0 bridgehead atoms. The maximum absolute atomic E-state index is 10.4. The molecule has 1 N–H and O–H groups in total. The molecule has 0 saturated heterocycles. The van der Waals surface area contributed by atoms with E-state index in [0.29, 0.717) is 0 Å². The van der Waals surface area contributed by atoms with Crippen molar-refractivity contribution < 1.29 is 5.11 Å². The van der Waals surface area contributed by atoms with E-state index >= 15 is 0 Å². The summed E-state index contributed by atoms with van der Waals surface area (Å²) in [4.78, 5) is 0. The van der Waals surface area contributed by atoms with Gasteiger partial charge in [0.15, 0.2) is 0 Å². The zero-order valence-electron chi connectivity index (χ0n) is 12.7. The lowest BCUT2D eigenvalue weighted by Gasteiger charge is -2.16. The number of aliphatic hydroxyl groups excluding tert-OH is 1. The number of benzene rings is 2. The maximum Gasteiger partial charge on any atom is 0.0792 e. The Labute approximate surface area is 122 Å². The third-order valence-corrected chi connectivity index (χ3v) is 4.03. The predicted octanol–water partition coefficient (Wildman–Crippen LogP) is 4.67. The van der Waals surface area contributed by atoms with Crippen LogP contribution in [-0.4, -0.2) is 5.11 Å². The highest BCUT2D eigenvalue weighted by Crippen LogP contribution is 2.25. The molecule has 0 aromatic heterocycles. The van der Waals surface area contributed by atoms with Crippen LogP contribution in [0.2, 0.25) is 0 Å². The second-order valence-corrected chi connectivity index (χ2v) is 5.69. The van der Waals surface area contributed by atoms with E-state index in [1.807, 2.05) is 6.07 Å². The smallest absolute Gasteiger partial charge is 0.0792 e. The summed E-state index contributed by atoms with van der Waals surface area (Å²) >= 11 is 0. The summed E-state index contributed by atoms with van der Waals surface area (Å²) in [6.07, 6.45) is 2.51. The molecule has 0 radical (unpaired) electrons. The van der Waals surface area contributed by atoms with Crippen LogP contribution >= 0.6 is 0 Å². The molecule has 1 atom stereocenters. The van der Waals surface area contributed by atoms with E-state index in [2.05, 4.69) is 57.2 Å². The molecule has 0 aliphatic carbocycles. The number of hydrogen-bond donors (Lipinski definition) is 1. The molecule has 0 spiro atoms. The van der Waals surface area contributed by atoms with Gasteiger partial charge in [-0.2, -0.15) is 0 Å². The minimum Gasteiger partial charge on any atom is -0.388 e. The van der Waals surface area contributed by atoms with Gasteiger partial charge in [0.25, 0.3) is 0 Å². The Morgan fingerprint density at radius 3 is 2.25 bits per heavy atom. The Hall–Kier alpha value is -1.60. The first kappa shape index (κ1) is 14.8. The van der Waals surface area contributed by atoms with Crippen LogP contribution in [-0.2, 0) is 6.42 Å². The Balaban J connectivity index is 1.95. The number of hydrogen-bond acceptors (Lipinski definition) is 1. The predicted molar refractivity (Wildman–Crippen MR) is 85.0 cm³/mol. The molecule has 2 rings (SSSR count). The fourth-order valence-corrected chi connectivity index (χ4v) is 2.64. The van der Waals surface area contributed by atoms with E-state index in [4.69, 9.17) is 0 Å². The van der Waals surface area contributed by atoms with Crippen LogP contribution in [0.25, 0.3) is 0 Å². The van der Waals surface area contributed by atoms with E-state index in [9.17, 15) is 5.11 Å². The van der Waals surface area contributed by atoms with Crippen molar-refractivity contribution in [3.63, 3.8) is 0 Å². The van der Waals surface area contributed by atoms with E-state index < -0.39 is 0 Å².